The summed E-state index contributed by atoms with van der Waals surface area (Å²) in [4.78, 5) is 0. The maximum Gasteiger partial charge on any atom is 0.00104 e. The van der Waals surface area contributed by atoms with Crippen LogP contribution in [-0.4, -0.2) is 12.6 Å². The van der Waals surface area contributed by atoms with Crippen molar-refractivity contribution in [3.8, 4) is 0 Å². The summed E-state index contributed by atoms with van der Waals surface area (Å²) in [6.07, 6.45) is 6.78. The Labute approximate surface area is 123 Å². The van der Waals surface area contributed by atoms with Crippen LogP contribution in [0.15, 0.2) is 18.2 Å². The van der Waals surface area contributed by atoms with Crippen LogP contribution in [0, 0.1) is 5.92 Å². The van der Waals surface area contributed by atoms with Crippen LogP contribution in [0.4, 0.5) is 0 Å². The Morgan fingerprint density at radius 3 is 2.63 bits per heavy atom. The summed E-state index contributed by atoms with van der Waals surface area (Å²) >= 11 is 0. The van der Waals surface area contributed by atoms with Crippen LogP contribution >= 0.6 is 12.4 Å². The van der Waals surface area contributed by atoms with Crippen molar-refractivity contribution in [3.05, 3.63) is 34.9 Å². The summed E-state index contributed by atoms with van der Waals surface area (Å²) in [6.45, 7) is 5.71. The van der Waals surface area contributed by atoms with Crippen molar-refractivity contribution in [2.45, 2.75) is 57.9 Å². The lowest BCUT2D eigenvalue weighted by atomic mass is 9.68. The first-order valence-corrected chi connectivity index (χ1v) is 7.59. The number of aryl methyl sites for hydroxylation is 2. The molecule has 1 nitrogen and oxygen atoms in total. The molecule has 1 N–H and O–H groups in total. The molecule has 0 aromatic heterocycles. The minimum Gasteiger partial charge on any atom is -0.314 e. The predicted molar refractivity (Wildman–Crippen MR) is 84.3 cm³/mol. The zero-order valence-electron chi connectivity index (χ0n) is 12.1. The van der Waals surface area contributed by atoms with Crippen LogP contribution in [-0.2, 0) is 12.8 Å². The zero-order valence-corrected chi connectivity index (χ0v) is 12.9. The third-order valence-electron chi connectivity index (χ3n) is 4.76. The average molecular weight is 280 g/mol. The monoisotopic (exact) mass is 279 g/mol. The smallest absolute Gasteiger partial charge is 0.00104 e. The molecule has 0 saturated carbocycles. The molecule has 0 amide bonds. The minimum absolute atomic E-state index is 0. The highest BCUT2D eigenvalue weighted by atomic mass is 35.5. The van der Waals surface area contributed by atoms with E-state index in [1.165, 1.54) is 38.6 Å². The highest BCUT2D eigenvalue weighted by molar-refractivity contribution is 5.85. The third kappa shape index (κ3) is 2.98. The summed E-state index contributed by atoms with van der Waals surface area (Å²) in [6, 6.07) is 7.61. The number of rotatable bonds is 3. The molecule has 0 heterocycles. The molecule has 0 aliphatic heterocycles. The van der Waals surface area contributed by atoms with Gasteiger partial charge in [0.15, 0.2) is 0 Å². The molecule has 106 valence electrons. The molecule has 19 heavy (non-hydrogen) atoms. The second kappa shape index (κ2) is 6.28. The molecular weight excluding hydrogens is 254 g/mol. The molecular formula is C17H26ClN. The number of benzene rings is 1. The summed E-state index contributed by atoms with van der Waals surface area (Å²) in [5.74, 6) is 1.70. The van der Waals surface area contributed by atoms with Gasteiger partial charge in [-0.1, -0.05) is 32.0 Å². The van der Waals surface area contributed by atoms with E-state index in [4.69, 9.17) is 0 Å². The Hall–Kier alpha value is -0.530. The van der Waals surface area contributed by atoms with E-state index in [0.29, 0.717) is 6.04 Å². The van der Waals surface area contributed by atoms with Gasteiger partial charge in [-0.2, -0.15) is 0 Å². The Kier molecular flexibility index (Phi) is 4.92. The van der Waals surface area contributed by atoms with E-state index >= 15 is 0 Å². The molecule has 0 fully saturated rings. The molecule has 1 aromatic rings. The number of hydrogen-bond donors (Lipinski definition) is 1. The molecule has 0 radical (unpaired) electrons. The fourth-order valence-electron chi connectivity index (χ4n) is 3.88. The van der Waals surface area contributed by atoms with Gasteiger partial charge in [0.05, 0.1) is 0 Å². The maximum atomic E-state index is 3.65. The first-order valence-electron chi connectivity index (χ1n) is 7.59. The van der Waals surface area contributed by atoms with Crippen LogP contribution in [0.25, 0.3) is 0 Å². The van der Waals surface area contributed by atoms with Gasteiger partial charge in [0, 0.05) is 6.04 Å². The Morgan fingerprint density at radius 1 is 1.16 bits per heavy atom. The van der Waals surface area contributed by atoms with Crippen molar-refractivity contribution in [1.29, 1.82) is 0 Å². The van der Waals surface area contributed by atoms with E-state index < -0.39 is 0 Å². The Morgan fingerprint density at radius 2 is 1.89 bits per heavy atom. The molecule has 2 atom stereocenters. The van der Waals surface area contributed by atoms with E-state index in [-0.39, 0.29) is 12.4 Å². The van der Waals surface area contributed by atoms with Gasteiger partial charge >= 0.3 is 0 Å². The van der Waals surface area contributed by atoms with E-state index in [1.807, 2.05) is 0 Å². The average Bonchev–Trinajstić information content (AvgIpc) is 2.38. The highest BCUT2D eigenvalue weighted by Crippen LogP contribution is 2.44. The van der Waals surface area contributed by atoms with Crippen LogP contribution in [0.1, 0.15) is 55.7 Å². The number of nitrogens with one attached hydrogen (secondary N) is 1. The summed E-state index contributed by atoms with van der Waals surface area (Å²) in [5.41, 5.74) is 5.04. The number of hydrogen-bond acceptors (Lipinski definition) is 1. The second-order valence-corrected chi connectivity index (χ2v) is 6.35. The SMILES string of the molecule is CC(C)NCC1CCc2cccc3c2C1CCC3.Cl. The first kappa shape index (κ1) is 14.9. The second-order valence-electron chi connectivity index (χ2n) is 6.35. The molecule has 0 saturated heterocycles. The first-order chi connectivity index (χ1) is 8.75. The zero-order chi connectivity index (χ0) is 12.5. The molecule has 0 bridgehead atoms. The van der Waals surface area contributed by atoms with Crippen molar-refractivity contribution in [1.82, 2.24) is 5.32 Å². The van der Waals surface area contributed by atoms with Gasteiger partial charge < -0.3 is 5.32 Å². The molecule has 3 rings (SSSR count). The van der Waals surface area contributed by atoms with Gasteiger partial charge in [-0.3, -0.25) is 0 Å². The van der Waals surface area contributed by atoms with Crippen molar-refractivity contribution >= 4 is 12.4 Å². The molecule has 1 aromatic carbocycles. The van der Waals surface area contributed by atoms with Gasteiger partial charge in [0.1, 0.15) is 0 Å². The van der Waals surface area contributed by atoms with E-state index in [0.717, 1.165) is 11.8 Å². The normalized spacial score (nSPS) is 24.8. The number of halogens is 1. The van der Waals surface area contributed by atoms with Gasteiger partial charge in [0.2, 0.25) is 0 Å². The minimum atomic E-state index is 0. The van der Waals surface area contributed by atoms with Gasteiger partial charge in [0.25, 0.3) is 0 Å². The van der Waals surface area contributed by atoms with E-state index in [9.17, 15) is 0 Å². The van der Waals surface area contributed by atoms with E-state index in [2.05, 4.69) is 37.4 Å². The standard InChI is InChI=1S/C17H25N.ClH/c1-12(2)18-11-15-10-9-14-6-3-5-13-7-4-8-16(15)17(13)14;/h3,5-6,12,15-16,18H,4,7-11H2,1-2H3;1H. The van der Waals surface area contributed by atoms with Crippen molar-refractivity contribution < 1.29 is 0 Å². The van der Waals surface area contributed by atoms with Crippen molar-refractivity contribution in [2.24, 2.45) is 5.92 Å². The quantitative estimate of drug-likeness (QED) is 0.879. The molecule has 0 spiro atoms. The molecule has 2 heteroatoms. The Balaban J connectivity index is 0.00000133. The largest absolute Gasteiger partial charge is 0.314 e. The third-order valence-corrected chi connectivity index (χ3v) is 4.76. The summed E-state index contributed by atoms with van der Waals surface area (Å²) in [5, 5.41) is 3.65. The van der Waals surface area contributed by atoms with Crippen molar-refractivity contribution in [3.63, 3.8) is 0 Å². The van der Waals surface area contributed by atoms with Crippen LogP contribution in [0.3, 0.4) is 0 Å². The summed E-state index contributed by atoms with van der Waals surface area (Å²) in [7, 11) is 0. The lowest BCUT2D eigenvalue weighted by molar-refractivity contribution is 0.313. The molecule has 2 unspecified atom stereocenters. The highest BCUT2D eigenvalue weighted by Gasteiger charge is 2.32. The maximum absolute atomic E-state index is 3.65. The fraction of sp³-hybridized carbons (Fsp3) is 0.647. The van der Waals surface area contributed by atoms with Gasteiger partial charge in [-0.15, -0.1) is 12.4 Å². The van der Waals surface area contributed by atoms with Crippen LogP contribution in [0.2, 0.25) is 0 Å². The van der Waals surface area contributed by atoms with Crippen LogP contribution < -0.4 is 5.32 Å². The lowest BCUT2D eigenvalue weighted by Gasteiger charge is -2.38. The lowest BCUT2D eigenvalue weighted by Crippen LogP contribution is -2.35. The molecule has 2 aliphatic rings. The molecule has 2 aliphatic carbocycles. The topological polar surface area (TPSA) is 12.0 Å². The fourth-order valence-corrected chi connectivity index (χ4v) is 3.88. The summed E-state index contributed by atoms with van der Waals surface area (Å²) < 4.78 is 0. The van der Waals surface area contributed by atoms with Crippen LogP contribution in [0.5, 0.6) is 0 Å². The predicted octanol–water partition coefficient (Wildman–Crippen LogP) is 4.09. The van der Waals surface area contributed by atoms with Gasteiger partial charge in [-0.05, 0) is 67.2 Å². The Bertz CT molecular complexity index is 413. The van der Waals surface area contributed by atoms with E-state index in [1.54, 1.807) is 16.7 Å². The van der Waals surface area contributed by atoms with Gasteiger partial charge in [-0.25, -0.2) is 0 Å². The van der Waals surface area contributed by atoms with Crippen molar-refractivity contribution in [2.75, 3.05) is 6.54 Å².